The van der Waals surface area contributed by atoms with E-state index in [4.69, 9.17) is 10.00 Å². The molecule has 0 spiro atoms. The van der Waals surface area contributed by atoms with E-state index >= 15 is 0 Å². The summed E-state index contributed by atoms with van der Waals surface area (Å²) in [6.45, 7) is 5.26. The number of ether oxygens (including phenoxy) is 1. The van der Waals surface area contributed by atoms with Crippen LogP contribution in [0.15, 0.2) is 30.5 Å². The number of carbonyl (C=O) groups excluding carboxylic acids is 2. The number of amides is 2. The van der Waals surface area contributed by atoms with Gasteiger partial charge >= 0.3 is 0 Å². The summed E-state index contributed by atoms with van der Waals surface area (Å²) in [4.78, 5) is 27.1. The number of nitriles is 1. The fourth-order valence-corrected chi connectivity index (χ4v) is 5.99. The van der Waals surface area contributed by atoms with Crippen LogP contribution in [-0.4, -0.2) is 41.4 Å². The van der Waals surface area contributed by atoms with Crippen molar-refractivity contribution >= 4 is 11.8 Å². The maximum atomic E-state index is 13.0. The van der Waals surface area contributed by atoms with Crippen molar-refractivity contribution in [3.8, 4) is 11.8 Å². The molecule has 2 amide bonds. The summed E-state index contributed by atoms with van der Waals surface area (Å²) in [6, 6.07) is 8.02. The quantitative estimate of drug-likeness (QED) is 0.673. The SMILES string of the molecule is C=C1CCC(N2Cc3cc(OC4CCCC4NCC4CCC(C#N)CC4)ccc3C2=O)C(=O)N1. The van der Waals surface area contributed by atoms with Crippen molar-refractivity contribution in [2.75, 3.05) is 6.54 Å². The molecular weight excluding hydrogens is 428 g/mol. The maximum absolute atomic E-state index is 13.0. The minimum Gasteiger partial charge on any atom is -0.489 e. The number of nitrogens with zero attached hydrogens (tertiary/aromatic N) is 2. The molecule has 3 fully saturated rings. The molecule has 0 bridgehead atoms. The summed E-state index contributed by atoms with van der Waals surface area (Å²) in [5, 5.41) is 15.6. The van der Waals surface area contributed by atoms with Gasteiger partial charge in [0, 0.05) is 29.8 Å². The predicted molar refractivity (Wildman–Crippen MR) is 128 cm³/mol. The summed E-state index contributed by atoms with van der Waals surface area (Å²) in [5.74, 6) is 1.46. The molecule has 3 unspecified atom stereocenters. The normalized spacial score (nSPS) is 31.2. The first-order valence-corrected chi connectivity index (χ1v) is 12.7. The summed E-state index contributed by atoms with van der Waals surface area (Å²) in [5.41, 5.74) is 2.31. The van der Waals surface area contributed by atoms with Crippen molar-refractivity contribution in [3.05, 3.63) is 41.6 Å². The molecule has 1 aromatic rings. The predicted octanol–water partition coefficient (Wildman–Crippen LogP) is 3.65. The fraction of sp³-hybridized carbons (Fsp3) is 0.593. The first-order valence-electron chi connectivity index (χ1n) is 12.7. The number of fused-ring (bicyclic) bond motifs is 1. The molecule has 7 heteroatoms. The average molecular weight is 463 g/mol. The summed E-state index contributed by atoms with van der Waals surface area (Å²) in [6.07, 6.45) is 9.01. The van der Waals surface area contributed by atoms with Crippen molar-refractivity contribution in [1.29, 1.82) is 5.26 Å². The zero-order valence-electron chi connectivity index (χ0n) is 19.7. The average Bonchev–Trinajstić information content (AvgIpc) is 3.41. The molecule has 3 atom stereocenters. The van der Waals surface area contributed by atoms with Crippen LogP contribution in [0.3, 0.4) is 0 Å². The molecule has 2 aliphatic carbocycles. The lowest BCUT2D eigenvalue weighted by Gasteiger charge is -2.30. The van der Waals surface area contributed by atoms with Gasteiger partial charge in [-0.1, -0.05) is 6.58 Å². The van der Waals surface area contributed by atoms with Crippen LogP contribution in [0, 0.1) is 23.2 Å². The van der Waals surface area contributed by atoms with E-state index in [1.165, 1.54) is 0 Å². The zero-order valence-corrected chi connectivity index (χ0v) is 19.7. The van der Waals surface area contributed by atoms with Gasteiger partial charge in [0.25, 0.3) is 5.91 Å². The van der Waals surface area contributed by atoms with E-state index in [9.17, 15) is 9.59 Å². The lowest BCUT2D eigenvalue weighted by Crippen LogP contribution is -2.49. The molecule has 0 radical (unpaired) electrons. The van der Waals surface area contributed by atoms with Crippen molar-refractivity contribution in [3.63, 3.8) is 0 Å². The van der Waals surface area contributed by atoms with Crippen LogP contribution < -0.4 is 15.4 Å². The molecule has 4 aliphatic rings. The number of benzene rings is 1. The van der Waals surface area contributed by atoms with E-state index < -0.39 is 6.04 Å². The van der Waals surface area contributed by atoms with Gasteiger partial charge in [0.05, 0.1) is 6.07 Å². The molecule has 1 saturated heterocycles. The van der Waals surface area contributed by atoms with Crippen LogP contribution in [0.4, 0.5) is 0 Å². The van der Waals surface area contributed by atoms with Gasteiger partial charge in [-0.05, 0) is 94.0 Å². The number of nitrogens with one attached hydrogen (secondary N) is 2. The first kappa shape index (κ1) is 22.9. The van der Waals surface area contributed by atoms with E-state index in [0.29, 0.717) is 36.9 Å². The first-order chi connectivity index (χ1) is 16.5. The summed E-state index contributed by atoms with van der Waals surface area (Å²) in [7, 11) is 0. The lowest BCUT2D eigenvalue weighted by atomic mass is 9.82. The third-order valence-electron chi connectivity index (χ3n) is 8.05. The number of piperidine rings is 1. The van der Waals surface area contributed by atoms with Crippen molar-refractivity contribution < 1.29 is 14.3 Å². The molecule has 7 nitrogen and oxygen atoms in total. The summed E-state index contributed by atoms with van der Waals surface area (Å²) < 4.78 is 6.41. The van der Waals surface area contributed by atoms with Gasteiger partial charge in [0.2, 0.25) is 5.91 Å². The molecule has 34 heavy (non-hydrogen) atoms. The monoisotopic (exact) mass is 462 g/mol. The lowest BCUT2D eigenvalue weighted by molar-refractivity contribution is -0.126. The van der Waals surface area contributed by atoms with Gasteiger partial charge in [-0.15, -0.1) is 0 Å². The molecule has 1 aromatic carbocycles. The Bertz CT molecular complexity index is 1010. The van der Waals surface area contributed by atoms with Gasteiger partial charge in [0.1, 0.15) is 17.9 Å². The number of hydrogen-bond acceptors (Lipinski definition) is 5. The Balaban J connectivity index is 1.18. The van der Waals surface area contributed by atoms with Gasteiger partial charge in [-0.3, -0.25) is 9.59 Å². The minimum absolute atomic E-state index is 0.0826. The Hall–Kier alpha value is -2.85. The molecular formula is C27H34N4O3. The van der Waals surface area contributed by atoms with E-state index in [0.717, 1.165) is 68.5 Å². The van der Waals surface area contributed by atoms with Crippen LogP contribution >= 0.6 is 0 Å². The Morgan fingerprint density at radius 2 is 1.97 bits per heavy atom. The van der Waals surface area contributed by atoms with Gasteiger partial charge in [-0.2, -0.15) is 5.26 Å². The van der Waals surface area contributed by atoms with Crippen LogP contribution in [-0.2, 0) is 11.3 Å². The fourth-order valence-electron chi connectivity index (χ4n) is 5.99. The molecule has 2 aliphatic heterocycles. The van der Waals surface area contributed by atoms with E-state index in [-0.39, 0.29) is 23.8 Å². The second-order valence-electron chi connectivity index (χ2n) is 10.3. The Kier molecular flexibility index (Phi) is 6.60. The van der Waals surface area contributed by atoms with Gasteiger partial charge in [-0.25, -0.2) is 0 Å². The highest BCUT2D eigenvalue weighted by Gasteiger charge is 2.38. The largest absolute Gasteiger partial charge is 0.489 e. The number of allylic oxidation sites excluding steroid dienone is 1. The third-order valence-corrected chi connectivity index (χ3v) is 8.05. The van der Waals surface area contributed by atoms with Crippen molar-refractivity contribution in [1.82, 2.24) is 15.5 Å². The van der Waals surface area contributed by atoms with E-state index in [2.05, 4.69) is 23.3 Å². The highest BCUT2D eigenvalue weighted by atomic mass is 16.5. The number of rotatable bonds is 6. The third kappa shape index (κ3) is 4.69. The van der Waals surface area contributed by atoms with Crippen molar-refractivity contribution in [2.24, 2.45) is 11.8 Å². The van der Waals surface area contributed by atoms with E-state index in [1.807, 2.05) is 18.2 Å². The smallest absolute Gasteiger partial charge is 0.255 e. The standard InChI is InChI=1S/C27H34N4O3/c1-17-5-12-24(26(32)30-17)31-16-20-13-21(10-11-22(20)27(31)33)34-25-4-2-3-23(25)29-15-19-8-6-18(14-28)7-9-19/h10-11,13,18-19,23-25,29H,1-9,12,15-16H2,(H,30,32). The topological polar surface area (TPSA) is 94.5 Å². The number of carbonyl (C=O) groups is 2. The highest BCUT2D eigenvalue weighted by molar-refractivity contribution is 6.01. The second-order valence-corrected chi connectivity index (χ2v) is 10.3. The minimum atomic E-state index is -0.443. The molecule has 2 N–H and O–H groups in total. The Labute approximate surface area is 201 Å². The van der Waals surface area contributed by atoms with Crippen LogP contribution in [0.25, 0.3) is 0 Å². The Morgan fingerprint density at radius 3 is 2.74 bits per heavy atom. The Morgan fingerprint density at radius 1 is 1.15 bits per heavy atom. The molecule has 0 aromatic heterocycles. The summed E-state index contributed by atoms with van der Waals surface area (Å²) >= 11 is 0. The van der Waals surface area contributed by atoms with Crippen LogP contribution in [0.2, 0.25) is 0 Å². The van der Waals surface area contributed by atoms with Crippen molar-refractivity contribution in [2.45, 2.75) is 82.5 Å². The highest BCUT2D eigenvalue weighted by Crippen LogP contribution is 2.33. The molecule has 2 heterocycles. The molecule has 5 rings (SSSR count). The second kappa shape index (κ2) is 9.79. The van der Waals surface area contributed by atoms with Gasteiger partial charge in [0.15, 0.2) is 0 Å². The van der Waals surface area contributed by atoms with Crippen LogP contribution in [0.1, 0.15) is 73.7 Å². The number of hydrogen-bond donors (Lipinski definition) is 2. The van der Waals surface area contributed by atoms with Gasteiger partial charge < -0.3 is 20.3 Å². The zero-order chi connectivity index (χ0) is 23.7. The maximum Gasteiger partial charge on any atom is 0.255 e. The van der Waals surface area contributed by atoms with Crippen LogP contribution in [0.5, 0.6) is 5.75 Å². The van der Waals surface area contributed by atoms with E-state index in [1.54, 1.807) is 4.90 Å². The molecule has 180 valence electrons. The molecule has 2 saturated carbocycles.